The maximum atomic E-state index is 11.9. The Hall–Kier alpha value is -2.69. The summed E-state index contributed by atoms with van der Waals surface area (Å²) in [5.74, 6) is 1.28. The number of hydrogen-bond donors (Lipinski definition) is 1. The molecule has 1 saturated heterocycles. The highest BCUT2D eigenvalue weighted by Crippen LogP contribution is 2.19. The van der Waals surface area contributed by atoms with Crippen LogP contribution < -0.4 is 10.2 Å². The van der Waals surface area contributed by atoms with Crippen LogP contribution in [0.4, 0.5) is 5.95 Å². The summed E-state index contributed by atoms with van der Waals surface area (Å²) in [6, 6.07) is 11.7. The number of hydrogen-bond acceptors (Lipinski definition) is 4. The van der Waals surface area contributed by atoms with Crippen molar-refractivity contribution in [3.05, 3.63) is 60.4 Å². The van der Waals surface area contributed by atoms with E-state index >= 15 is 0 Å². The second-order valence-corrected chi connectivity index (χ2v) is 5.97. The van der Waals surface area contributed by atoms with Gasteiger partial charge in [-0.1, -0.05) is 30.3 Å². The van der Waals surface area contributed by atoms with Crippen LogP contribution in [0.3, 0.4) is 0 Å². The smallest absolute Gasteiger partial charge is 0.244 e. The molecule has 2 aromatic rings. The third kappa shape index (κ3) is 4.65. The van der Waals surface area contributed by atoms with Crippen LogP contribution in [0.2, 0.25) is 0 Å². The molecule has 1 fully saturated rings. The van der Waals surface area contributed by atoms with E-state index in [2.05, 4.69) is 20.2 Å². The monoisotopic (exact) mass is 322 g/mol. The Kier molecular flexibility index (Phi) is 5.56. The number of amides is 1. The number of nitrogens with zero attached hydrogens (tertiary/aromatic N) is 3. The molecule has 0 bridgehead atoms. The number of rotatable bonds is 5. The van der Waals surface area contributed by atoms with E-state index in [9.17, 15) is 4.79 Å². The van der Waals surface area contributed by atoms with Crippen molar-refractivity contribution in [2.45, 2.75) is 12.8 Å². The van der Waals surface area contributed by atoms with E-state index in [1.54, 1.807) is 18.5 Å². The first-order valence-corrected chi connectivity index (χ1v) is 8.34. The van der Waals surface area contributed by atoms with Crippen LogP contribution in [0.1, 0.15) is 18.4 Å². The summed E-state index contributed by atoms with van der Waals surface area (Å²) in [5, 5.41) is 3.00. The van der Waals surface area contributed by atoms with Gasteiger partial charge in [0.15, 0.2) is 0 Å². The number of carbonyl (C=O) groups is 1. The van der Waals surface area contributed by atoms with Gasteiger partial charge in [0.2, 0.25) is 11.9 Å². The lowest BCUT2D eigenvalue weighted by Crippen LogP contribution is -2.39. The van der Waals surface area contributed by atoms with E-state index < -0.39 is 0 Å². The third-order valence-corrected chi connectivity index (χ3v) is 4.24. The number of carbonyl (C=O) groups excluding carboxylic acids is 1. The van der Waals surface area contributed by atoms with Gasteiger partial charge in [0.05, 0.1) is 0 Å². The normalized spacial score (nSPS) is 15.6. The lowest BCUT2D eigenvalue weighted by molar-refractivity contribution is -0.116. The average molecular weight is 322 g/mol. The fourth-order valence-corrected chi connectivity index (χ4v) is 2.83. The Bertz CT molecular complexity index is 664. The van der Waals surface area contributed by atoms with Crippen LogP contribution in [0.15, 0.2) is 54.9 Å². The Balaban J connectivity index is 1.40. The van der Waals surface area contributed by atoms with Gasteiger partial charge in [-0.3, -0.25) is 4.79 Å². The molecule has 24 heavy (non-hydrogen) atoms. The fraction of sp³-hybridized carbons (Fsp3) is 0.316. The topological polar surface area (TPSA) is 58.1 Å². The molecule has 1 aromatic carbocycles. The van der Waals surface area contributed by atoms with Crippen LogP contribution in [0.5, 0.6) is 0 Å². The predicted octanol–water partition coefficient (Wildman–Crippen LogP) is 2.52. The van der Waals surface area contributed by atoms with Gasteiger partial charge in [-0.2, -0.15) is 0 Å². The summed E-state index contributed by atoms with van der Waals surface area (Å²) in [5.41, 5.74) is 1.03. The zero-order chi connectivity index (χ0) is 16.6. The zero-order valence-corrected chi connectivity index (χ0v) is 13.6. The maximum absolute atomic E-state index is 11.9. The van der Waals surface area contributed by atoms with Crippen molar-refractivity contribution in [1.29, 1.82) is 0 Å². The summed E-state index contributed by atoms with van der Waals surface area (Å²) in [4.78, 5) is 22.7. The van der Waals surface area contributed by atoms with E-state index in [1.807, 2.05) is 42.5 Å². The molecule has 0 unspecified atom stereocenters. The standard InChI is InChI=1S/C19H22N4O/c24-18(8-7-16-5-2-1-3-6-16)22-15-17-9-13-23(14-10-17)19-20-11-4-12-21-19/h1-8,11-12,17H,9-10,13-15H2,(H,22,24)/b8-7+. The van der Waals surface area contributed by atoms with Gasteiger partial charge in [-0.25, -0.2) is 9.97 Å². The molecule has 2 heterocycles. The van der Waals surface area contributed by atoms with Crippen molar-refractivity contribution in [3.8, 4) is 0 Å². The number of aromatic nitrogens is 2. The van der Waals surface area contributed by atoms with Crippen molar-refractivity contribution < 1.29 is 4.79 Å². The molecule has 0 saturated carbocycles. The lowest BCUT2D eigenvalue weighted by Gasteiger charge is -2.31. The number of nitrogens with one attached hydrogen (secondary N) is 1. The molecule has 124 valence electrons. The van der Waals surface area contributed by atoms with Crippen molar-refractivity contribution >= 4 is 17.9 Å². The molecule has 1 aliphatic heterocycles. The minimum absolute atomic E-state index is 0.0346. The molecule has 1 amide bonds. The first kappa shape index (κ1) is 16.2. The predicted molar refractivity (Wildman–Crippen MR) is 95.5 cm³/mol. The van der Waals surface area contributed by atoms with Crippen molar-refractivity contribution in [2.75, 3.05) is 24.5 Å². The number of piperidine rings is 1. The summed E-state index contributed by atoms with van der Waals surface area (Å²) in [7, 11) is 0. The maximum Gasteiger partial charge on any atom is 0.244 e. The van der Waals surface area contributed by atoms with Gasteiger partial charge < -0.3 is 10.2 Å². The molecule has 1 aromatic heterocycles. The highest BCUT2D eigenvalue weighted by atomic mass is 16.1. The second kappa shape index (κ2) is 8.24. The van der Waals surface area contributed by atoms with Gasteiger partial charge >= 0.3 is 0 Å². The number of benzene rings is 1. The Morgan fingerprint density at radius 2 is 1.83 bits per heavy atom. The van der Waals surface area contributed by atoms with Crippen LogP contribution in [-0.2, 0) is 4.79 Å². The number of anilines is 1. The van der Waals surface area contributed by atoms with Crippen LogP contribution in [-0.4, -0.2) is 35.5 Å². The van der Waals surface area contributed by atoms with Crippen LogP contribution in [0, 0.1) is 5.92 Å². The SMILES string of the molecule is O=C(/C=C/c1ccccc1)NCC1CCN(c2ncccn2)CC1. The highest BCUT2D eigenvalue weighted by molar-refractivity contribution is 5.91. The molecular weight excluding hydrogens is 300 g/mol. The van der Waals surface area contributed by atoms with E-state index in [1.165, 1.54) is 0 Å². The molecule has 0 aliphatic carbocycles. The van der Waals surface area contributed by atoms with Crippen LogP contribution in [0.25, 0.3) is 6.08 Å². The molecule has 1 aliphatic rings. The van der Waals surface area contributed by atoms with Gasteiger partial charge in [0.1, 0.15) is 0 Å². The Morgan fingerprint density at radius 3 is 2.54 bits per heavy atom. The first-order valence-electron chi connectivity index (χ1n) is 8.34. The molecule has 1 N–H and O–H groups in total. The van der Waals surface area contributed by atoms with Gasteiger partial charge in [0.25, 0.3) is 0 Å². The summed E-state index contributed by atoms with van der Waals surface area (Å²) in [6.45, 7) is 2.59. The summed E-state index contributed by atoms with van der Waals surface area (Å²) < 4.78 is 0. The van der Waals surface area contributed by atoms with Crippen molar-refractivity contribution in [2.24, 2.45) is 5.92 Å². The Labute approximate surface area is 142 Å². The second-order valence-electron chi connectivity index (χ2n) is 5.97. The lowest BCUT2D eigenvalue weighted by atomic mass is 9.97. The molecule has 0 atom stereocenters. The average Bonchev–Trinajstić information content (AvgIpc) is 2.67. The van der Waals surface area contributed by atoms with Crippen LogP contribution >= 0.6 is 0 Å². The summed E-state index contributed by atoms with van der Waals surface area (Å²) >= 11 is 0. The molecule has 5 heteroatoms. The molecule has 5 nitrogen and oxygen atoms in total. The molecule has 3 rings (SSSR count). The van der Waals surface area contributed by atoms with E-state index in [0.717, 1.165) is 44.0 Å². The van der Waals surface area contributed by atoms with Gasteiger partial charge in [-0.05, 0) is 36.5 Å². The largest absolute Gasteiger partial charge is 0.352 e. The third-order valence-electron chi connectivity index (χ3n) is 4.24. The Morgan fingerprint density at radius 1 is 1.12 bits per heavy atom. The molecule has 0 radical (unpaired) electrons. The molecule has 0 spiro atoms. The molecular formula is C19H22N4O. The van der Waals surface area contributed by atoms with E-state index in [0.29, 0.717) is 5.92 Å². The first-order chi connectivity index (χ1) is 11.8. The van der Waals surface area contributed by atoms with Gasteiger partial charge in [-0.15, -0.1) is 0 Å². The quantitative estimate of drug-likeness (QED) is 0.860. The van der Waals surface area contributed by atoms with Crippen molar-refractivity contribution in [3.63, 3.8) is 0 Å². The fourth-order valence-electron chi connectivity index (χ4n) is 2.83. The van der Waals surface area contributed by atoms with Crippen molar-refractivity contribution in [1.82, 2.24) is 15.3 Å². The van der Waals surface area contributed by atoms with E-state index in [4.69, 9.17) is 0 Å². The van der Waals surface area contributed by atoms with Gasteiger partial charge in [0, 0.05) is 38.1 Å². The minimum Gasteiger partial charge on any atom is -0.352 e. The highest BCUT2D eigenvalue weighted by Gasteiger charge is 2.20. The summed E-state index contributed by atoms with van der Waals surface area (Å²) in [6.07, 6.45) is 9.07. The van der Waals surface area contributed by atoms with E-state index in [-0.39, 0.29) is 5.91 Å². The zero-order valence-electron chi connectivity index (χ0n) is 13.6. The minimum atomic E-state index is -0.0346.